The van der Waals surface area contributed by atoms with E-state index in [0.717, 1.165) is 5.56 Å². The molecule has 0 radical (unpaired) electrons. The third-order valence-electron chi connectivity index (χ3n) is 2.39. The van der Waals surface area contributed by atoms with Crippen LogP contribution >= 0.6 is 0 Å². The predicted octanol–water partition coefficient (Wildman–Crippen LogP) is 1.79. The number of aryl methyl sites for hydroxylation is 1. The minimum absolute atomic E-state index is 0.0404. The van der Waals surface area contributed by atoms with Crippen LogP contribution in [0.5, 0.6) is 0 Å². The number of aromatic carboxylic acids is 1. The molecule has 2 aromatic rings. The molecule has 7 heteroatoms. The van der Waals surface area contributed by atoms with E-state index in [1.54, 1.807) is 19.1 Å². The lowest BCUT2D eigenvalue weighted by atomic mass is 10.1. The van der Waals surface area contributed by atoms with Crippen LogP contribution in [0.4, 0.5) is 5.82 Å². The lowest BCUT2D eigenvalue weighted by Gasteiger charge is -2.03. The first-order valence-electron chi connectivity index (χ1n) is 5.03. The number of nitro groups is 1. The Balaban J connectivity index is 2.57. The quantitative estimate of drug-likeness (QED) is 0.658. The maximum absolute atomic E-state index is 11.1. The van der Waals surface area contributed by atoms with Gasteiger partial charge in [0.2, 0.25) is 0 Å². The number of hydrogen-bond acceptors (Lipinski definition) is 4. The first-order valence-corrected chi connectivity index (χ1v) is 5.03. The average molecular weight is 247 g/mol. The van der Waals surface area contributed by atoms with E-state index in [0.29, 0.717) is 5.69 Å². The van der Waals surface area contributed by atoms with Crippen LogP contribution in [0.1, 0.15) is 15.9 Å². The van der Waals surface area contributed by atoms with Gasteiger partial charge in [-0.1, -0.05) is 6.07 Å². The van der Waals surface area contributed by atoms with Gasteiger partial charge in [-0.3, -0.25) is 0 Å². The molecular weight excluding hydrogens is 238 g/mol. The molecule has 0 atom stereocenters. The van der Waals surface area contributed by atoms with E-state index in [-0.39, 0.29) is 11.4 Å². The Morgan fingerprint density at radius 2 is 2.17 bits per heavy atom. The Kier molecular flexibility index (Phi) is 2.80. The Morgan fingerprint density at radius 1 is 1.44 bits per heavy atom. The summed E-state index contributed by atoms with van der Waals surface area (Å²) in [6, 6.07) is 5.93. The van der Waals surface area contributed by atoms with Gasteiger partial charge in [-0.05, 0) is 29.5 Å². The zero-order valence-electron chi connectivity index (χ0n) is 9.40. The highest BCUT2D eigenvalue weighted by Crippen LogP contribution is 2.18. The number of carbonyl (C=O) groups is 1. The van der Waals surface area contributed by atoms with Crippen molar-refractivity contribution in [2.24, 2.45) is 0 Å². The molecule has 0 amide bonds. The fourth-order valence-corrected chi connectivity index (χ4v) is 1.56. The summed E-state index contributed by atoms with van der Waals surface area (Å²) in [5.74, 6) is -1.43. The molecule has 0 aliphatic heterocycles. The summed E-state index contributed by atoms with van der Waals surface area (Å²) in [7, 11) is 0. The highest BCUT2D eigenvalue weighted by atomic mass is 16.6. The zero-order valence-corrected chi connectivity index (χ0v) is 9.40. The van der Waals surface area contributed by atoms with Gasteiger partial charge in [0, 0.05) is 0 Å². The summed E-state index contributed by atoms with van der Waals surface area (Å²) in [6.07, 6.45) is 1.36. The van der Waals surface area contributed by atoms with Crippen molar-refractivity contribution in [2.75, 3.05) is 0 Å². The van der Waals surface area contributed by atoms with E-state index in [4.69, 9.17) is 5.11 Å². The molecule has 1 heterocycles. The number of benzene rings is 1. The van der Waals surface area contributed by atoms with Gasteiger partial charge < -0.3 is 15.2 Å². The maximum atomic E-state index is 11.1. The molecule has 0 aliphatic carbocycles. The third kappa shape index (κ3) is 2.05. The van der Waals surface area contributed by atoms with Crippen LogP contribution in [-0.2, 0) is 0 Å². The van der Waals surface area contributed by atoms with Gasteiger partial charge in [-0.2, -0.15) is 0 Å². The molecule has 2 rings (SSSR count). The molecule has 18 heavy (non-hydrogen) atoms. The summed E-state index contributed by atoms with van der Waals surface area (Å²) in [6.45, 7) is 1.80. The second-order valence-electron chi connectivity index (χ2n) is 3.70. The lowest BCUT2D eigenvalue weighted by molar-refractivity contribution is -0.389. The molecule has 0 saturated heterocycles. The lowest BCUT2D eigenvalue weighted by Crippen LogP contribution is -2.06. The van der Waals surface area contributed by atoms with Crippen LogP contribution in [0, 0.1) is 17.0 Å². The van der Waals surface area contributed by atoms with Crippen molar-refractivity contribution in [1.29, 1.82) is 0 Å². The number of carboxylic acid groups (broad SMARTS) is 1. The van der Waals surface area contributed by atoms with Crippen molar-refractivity contribution in [2.45, 2.75) is 6.92 Å². The molecule has 1 N–H and O–H groups in total. The Morgan fingerprint density at radius 3 is 2.72 bits per heavy atom. The molecule has 0 unspecified atom stereocenters. The van der Waals surface area contributed by atoms with Crippen LogP contribution in [-0.4, -0.2) is 25.8 Å². The van der Waals surface area contributed by atoms with Gasteiger partial charge >= 0.3 is 11.8 Å². The van der Waals surface area contributed by atoms with Gasteiger partial charge in [-0.15, -0.1) is 4.68 Å². The number of rotatable bonds is 3. The molecule has 0 saturated carbocycles. The molecular formula is C11H9N3O4. The van der Waals surface area contributed by atoms with Gasteiger partial charge in [0.05, 0.1) is 22.9 Å². The van der Waals surface area contributed by atoms with E-state index < -0.39 is 10.9 Å². The predicted molar refractivity (Wildman–Crippen MR) is 61.9 cm³/mol. The van der Waals surface area contributed by atoms with Crippen LogP contribution in [0.2, 0.25) is 0 Å². The fourth-order valence-electron chi connectivity index (χ4n) is 1.56. The second-order valence-corrected chi connectivity index (χ2v) is 3.70. The number of nitrogens with zero attached hydrogens (tertiary/aromatic N) is 3. The number of hydrogen-bond donors (Lipinski definition) is 1. The van der Waals surface area contributed by atoms with Crippen molar-refractivity contribution >= 4 is 11.8 Å². The summed E-state index contributed by atoms with van der Waals surface area (Å²) in [5, 5.41) is 23.3. The topological polar surface area (TPSA) is 98.3 Å². The van der Waals surface area contributed by atoms with Gasteiger partial charge in [0.1, 0.15) is 5.69 Å². The zero-order chi connectivity index (χ0) is 13.3. The van der Waals surface area contributed by atoms with Crippen molar-refractivity contribution in [3.63, 3.8) is 0 Å². The molecule has 92 valence electrons. The summed E-state index contributed by atoms with van der Waals surface area (Å²) in [5.41, 5.74) is 1.18. The van der Waals surface area contributed by atoms with Crippen LogP contribution in [0.3, 0.4) is 0 Å². The minimum atomic E-state index is -1.11. The van der Waals surface area contributed by atoms with Crippen molar-refractivity contribution < 1.29 is 14.8 Å². The van der Waals surface area contributed by atoms with Crippen molar-refractivity contribution in [3.8, 4) is 5.69 Å². The Hall–Kier alpha value is -2.70. The van der Waals surface area contributed by atoms with E-state index in [9.17, 15) is 14.9 Å². The van der Waals surface area contributed by atoms with Crippen LogP contribution in [0.15, 0.2) is 30.5 Å². The number of carboxylic acids is 1. The highest BCUT2D eigenvalue weighted by Gasteiger charge is 2.17. The standard InChI is InChI=1S/C11H9N3O4/c1-7-2-3-8(11(15)16)9(6-7)13-5-4-10(12-13)14(17)18/h2-6H,1H3,(H,15,16). The van der Waals surface area contributed by atoms with Crippen LogP contribution in [0.25, 0.3) is 5.69 Å². The van der Waals surface area contributed by atoms with Gasteiger partial charge in [0.15, 0.2) is 0 Å². The molecule has 1 aromatic heterocycles. The maximum Gasteiger partial charge on any atom is 0.390 e. The fraction of sp³-hybridized carbons (Fsp3) is 0.0909. The Bertz CT molecular complexity index is 633. The normalized spacial score (nSPS) is 10.3. The Labute approximate surface area is 101 Å². The number of aromatic nitrogens is 2. The SMILES string of the molecule is Cc1ccc(C(=O)O)c(-n2ccc([N+](=O)[O-])n2)c1. The average Bonchev–Trinajstić information content (AvgIpc) is 2.77. The van der Waals surface area contributed by atoms with Gasteiger partial charge in [0.25, 0.3) is 0 Å². The molecule has 0 fully saturated rings. The van der Waals surface area contributed by atoms with Crippen molar-refractivity contribution in [3.05, 3.63) is 51.7 Å². The first kappa shape index (κ1) is 11.8. The summed E-state index contributed by atoms with van der Waals surface area (Å²) < 4.78 is 1.19. The third-order valence-corrected chi connectivity index (χ3v) is 2.39. The van der Waals surface area contributed by atoms with E-state index in [1.165, 1.54) is 23.0 Å². The smallest absolute Gasteiger partial charge is 0.390 e. The van der Waals surface area contributed by atoms with E-state index >= 15 is 0 Å². The first-order chi connectivity index (χ1) is 8.49. The van der Waals surface area contributed by atoms with E-state index in [2.05, 4.69) is 5.10 Å². The van der Waals surface area contributed by atoms with E-state index in [1.807, 2.05) is 0 Å². The largest absolute Gasteiger partial charge is 0.478 e. The molecule has 0 aliphatic rings. The summed E-state index contributed by atoms with van der Waals surface area (Å²) in [4.78, 5) is 21.0. The second kappa shape index (κ2) is 4.28. The molecule has 0 spiro atoms. The monoisotopic (exact) mass is 247 g/mol. The molecule has 7 nitrogen and oxygen atoms in total. The highest BCUT2D eigenvalue weighted by molar-refractivity contribution is 5.92. The van der Waals surface area contributed by atoms with Crippen molar-refractivity contribution in [1.82, 2.24) is 9.78 Å². The minimum Gasteiger partial charge on any atom is -0.478 e. The molecule has 1 aromatic carbocycles. The van der Waals surface area contributed by atoms with Gasteiger partial charge in [-0.25, -0.2) is 4.79 Å². The van der Waals surface area contributed by atoms with Crippen LogP contribution < -0.4 is 0 Å². The summed E-state index contributed by atoms with van der Waals surface area (Å²) >= 11 is 0. The molecule has 0 bridgehead atoms.